The third-order valence-electron chi connectivity index (χ3n) is 5.92. The van der Waals surface area contributed by atoms with Crippen molar-refractivity contribution in [1.82, 2.24) is 9.88 Å². The van der Waals surface area contributed by atoms with Crippen molar-refractivity contribution < 1.29 is 23.1 Å². The summed E-state index contributed by atoms with van der Waals surface area (Å²) in [6, 6.07) is 6.20. The minimum Gasteiger partial charge on any atom is -0.478 e. The Morgan fingerprint density at radius 2 is 2.03 bits per heavy atom. The second kappa shape index (κ2) is 8.54. The number of aliphatic carboxylic acids is 1. The van der Waals surface area contributed by atoms with Crippen molar-refractivity contribution >= 4 is 34.5 Å². The maximum absolute atomic E-state index is 15.5. The SMILES string of the molecule is CC1Cc2c([nH]c3ccc(F)cc23)C(c2c(F)cc(/C=C/C(=O)O)cc2Cl)N1CC(C)(C)F. The highest BCUT2D eigenvalue weighted by Crippen LogP contribution is 2.44. The van der Waals surface area contributed by atoms with Gasteiger partial charge in [0, 0.05) is 45.8 Å². The van der Waals surface area contributed by atoms with E-state index in [1.54, 1.807) is 6.07 Å². The minimum atomic E-state index is -1.56. The maximum atomic E-state index is 15.5. The van der Waals surface area contributed by atoms with Crippen LogP contribution in [0.5, 0.6) is 0 Å². The van der Waals surface area contributed by atoms with Crippen LogP contribution >= 0.6 is 11.6 Å². The van der Waals surface area contributed by atoms with Gasteiger partial charge in [0.05, 0.1) is 6.04 Å². The highest BCUT2D eigenvalue weighted by molar-refractivity contribution is 6.31. The molecule has 0 fully saturated rings. The number of rotatable bonds is 5. The van der Waals surface area contributed by atoms with Gasteiger partial charge in [-0.1, -0.05) is 11.6 Å². The van der Waals surface area contributed by atoms with Gasteiger partial charge in [-0.3, -0.25) is 4.90 Å². The van der Waals surface area contributed by atoms with Crippen molar-refractivity contribution in [1.29, 1.82) is 0 Å². The van der Waals surface area contributed by atoms with Crippen molar-refractivity contribution in [3.63, 3.8) is 0 Å². The molecule has 1 aliphatic rings. The largest absolute Gasteiger partial charge is 0.478 e. The third kappa shape index (κ3) is 4.66. The van der Waals surface area contributed by atoms with E-state index >= 15 is 4.39 Å². The Bertz CT molecular complexity index is 1240. The number of H-pyrrole nitrogens is 1. The fraction of sp³-hybridized carbons (Fsp3) is 0.320. The number of alkyl halides is 1. The van der Waals surface area contributed by atoms with E-state index < -0.39 is 23.5 Å². The van der Waals surface area contributed by atoms with Gasteiger partial charge in [0.25, 0.3) is 0 Å². The molecule has 2 aromatic carbocycles. The number of fused-ring (bicyclic) bond motifs is 3. The molecule has 0 saturated heterocycles. The van der Waals surface area contributed by atoms with Crippen LogP contribution in [0.1, 0.15) is 49.2 Å². The zero-order valence-electron chi connectivity index (χ0n) is 18.4. The third-order valence-corrected chi connectivity index (χ3v) is 6.24. The van der Waals surface area contributed by atoms with Gasteiger partial charge in [0.15, 0.2) is 0 Å². The van der Waals surface area contributed by atoms with Crippen LogP contribution in [0.15, 0.2) is 36.4 Å². The molecule has 0 spiro atoms. The summed E-state index contributed by atoms with van der Waals surface area (Å²) in [6.45, 7) is 4.88. The van der Waals surface area contributed by atoms with Crippen LogP contribution in [0.4, 0.5) is 13.2 Å². The Morgan fingerprint density at radius 3 is 2.67 bits per heavy atom. The monoisotopic (exact) mass is 476 g/mol. The molecule has 0 bridgehead atoms. The number of benzene rings is 2. The highest BCUT2D eigenvalue weighted by atomic mass is 35.5. The molecule has 0 radical (unpaired) electrons. The molecule has 0 aliphatic carbocycles. The van der Waals surface area contributed by atoms with Gasteiger partial charge in [-0.05, 0) is 74.7 Å². The molecule has 2 heterocycles. The first kappa shape index (κ1) is 23.4. The quantitative estimate of drug-likeness (QED) is 0.426. The Labute approximate surface area is 194 Å². The lowest BCUT2D eigenvalue weighted by atomic mass is 9.87. The number of carbonyl (C=O) groups is 1. The number of aromatic nitrogens is 1. The predicted molar refractivity (Wildman–Crippen MR) is 123 cm³/mol. The zero-order chi connectivity index (χ0) is 24.1. The lowest BCUT2D eigenvalue weighted by Crippen LogP contribution is -2.48. The second-order valence-corrected chi connectivity index (χ2v) is 9.53. The van der Waals surface area contributed by atoms with E-state index in [1.165, 1.54) is 44.2 Å². The van der Waals surface area contributed by atoms with E-state index in [1.807, 2.05) is 11.8 Å². The standard InChI is InChI=1S/C25H24ClF3N2O2/c1-13-8-17-16-11-15(27)5-6-20(16)30-23(17)24(31(13)12-25(2,3)29)22-18(26)9-14(10-19(22)28)4-7-21(32)33/h4-7,9-11,13,24,30H,8,12H2,1-3H3,(H,32,33)/b7-4+. The van der Waals surface area contributed by atoms with Crippen LogP contribution in [0.3, 0.4) is 0 Å². The lowest BCUT2D eigenvalue weighted by molar-refractivity contribution is -0.131. The fourth-order valence-corrected chi connectivity index (χ4v) is 4.97. The molecule has 4 rings (SSSR count). The van der Waals surface area contributed by atoms with E-state index in [0.717, 1.165) is 11.6 Å². The zero-order valence-corrected chi connectivity index (χ0v) is 19.2. The summed E-state index contributed by atoms with van der Waals surface area (Å²) in [4.78, 5) is 16.0. The number of nitrogens with zero attached hydrogens (tertiary/aromatic N) is 1. The number of carboxylic acids is 1. The minimum absolute atomic E-state index is 0.0262. The fourth-order valence-electron chi connectivity index (χ4n) is 4.65. The average Bonchev–Trinajstić information content (AvgIpc) is 3.04. The van der Waals surface area contributed by atoms with Crippen molar-refractivity contribution in [2.75, 3.05) is 6.54 Å². The van der Waals surface area contributed by atoms with Gasteiger partial charge in [0.1, 0.15) is 17.3 Å². The Balaban J connectivity index is 1.93. The van der Waals surface area contributed by atoms with Gasteiger partial charge < -0.3 is 10.1 Å². The average molecular weight is 477 g/mol. The molecular weight excluding hydrogens is 453 g/mol. The van der Waals surface area contributed by atoms with Gasteiger partial charge >= 0.3 is 5.97 Å². The number of nitrogens with one attached hydrogen (secondary N) is 1. The molecular formula is C25H24ClF3N2O2. The summed E-state index contributed by atoms with van der Waals surface area (Å²) >= 11 is 6.54. The maximum Gasteiger partial charge on any atom is 0.328 e. The van der Waals surface area contributed by atoms with E-state index in [4.69, 9.17) is 16.7 Å². The van der Waals surface area contributed by atoms with Gasteiger partial charge in [-0.2, -0.15) is 0 Å². The molecule has 8 heteroatoms. The number of hydrogen-bond acceptors (Lipinski definition) is 2. The molecule has 1 aliphatic heterocycles. The number of halogens is 4. The molecule has 33 heavy (non-hydrogen) atoms. The molecule has 2 unspecified atom stereocenters. The molecule has 174 valence electrons. The van der Waals surface area contributed by atoms with E-state index in [9.17, 15) is 13.6 Å². The van der Waals surface area contributed by atoms with Crippen LogP contribution in [0.2, 0.25) is 5.02 Å². The van der Waals surface area contributed by atoms with E-state index in [0.29, 0.717) is 28.6 Å². The van der Waals surface area contributed by atoms with Crippen LogP contribution in [-0.4, -0.2) is 39.2 Å². The summed E-state index contributed by atoms with van der Waals surface area (Å²) in [5.74, 6) is -2.17. The van der Waals surface area contributed by atoms with Crippen molar-refractivity contribution in [2.45, 2.75) is 44.9 Å². The molecule has 1 aromatic heterocycles. The molecule has 0 saturated carbocycles. The van der Waals surface area contributed by atoms with Crippen LogP contribution in [-0.2, 0) is 11.2 Å². The molecule has 2 atom stereocenters. The summed E-state index contributed by atoms with van der Waals surface area (Å²) < 4.78 is 44.3. The van der Waals surface area contributed by atoms with Crippen molar-refractivity contribution in [2.24, 2.45) is 0 Å². The Kier molecular flexibility index (Phi) is 6.05. The Morgan fingerprint density at radius 1 is 1.30 bits per heavy atom. The molecule has 0 amide bonds. The van der Waals surface area contributed by atoms with Crippen molar-refractivity contribution in [3.05, 3.63) is 75.4 Å². The van der Waals surface area contributed by atoms with Gasteiger partial charge in [-0.25, -0.2) is 18.0 Å². The Hall–Kier alpha value is -2.77. The van der Waals surface area contributed by atoms with Crippen LogP contribution in [0, 0.1) is 11.6 Å². The first-order chi connectivity index (χ1) is 15.4. The van der Waals surface area contributed by atoms with Crippen LogP contribution < -0.4 is 0 Å². The molecule has 4 nitrogen and oxygen atoms in total. The normalized spacial score (nSPS) is 19.4. The second-order valence-electron chi connectivity index (χ2n) is 9.12. The first-order valence-corrected chi connectivity index (χ1v) is 11.0. The highest BCUT2D eigenvalue weighted by Gasteiger charge is 2.40. The summed E-state index contributed by atoms with van der Waals surface area (Å²) in [7, 11) is 0. The molecule has 2 N–H and O–H groups in total. The number of carboxylic acid groups (broad SMARTS) is 1. The number of hydrogen-bond donors (Lipinski definition) is 2. The smallest absolute Gasteiger partial charge is 0.328 e. The van der Waals surface area contributed by atoms with E-state index in [2.05, 4.69) is 4.98 Å². The predicted octanol–water partition coefficient (Wildman–Crippen LogP) is 6.28. The van der Waals surface area contributed by atoms with Gasteiger partial charge in [0.2, 0.25) is 0 Å². The lowest BCUT2D eigenvalue weighted by Gasteiger charge is -2.43. The topological polar surface area (TPSA) is 56.3 Å². The van der Waals surface area contributed by atoms with E-state index in [-0.39, 0.29) is 29.0 Å². The summed E-state index contributed by atoms with van der Waals surface area (Å²) in [5.41, 5.74) is 1.09. The van der Waals surface area contributed by atoms with Crippen LogP contribution in [0.25, 0.3) is 17.0 Å². The summed E-state index contributed by atoms with van der Waals surface area (Å²) in [5, 5.41) is 9.66. The first-order valence-electron chi connectivity index (χ1n) is 10.6. The summed E-state index contributed by atoms with van der Waals surface area (Å²) in [6.07, 6.45) is 2.68. The van der Waals surface area contributed by atoms with Gasteiger partial charge in [-0.15, -0.1) is 0 Å². The molecule has 3 aromatic rings. The number of aromatic amines is 1. The van der Waals surface area contributed by atoms with Crippen molar-refractivity contribution in [3.8, 4) is 0 Å².